The lowest BCUT2D eigenvalue weighted by Gasteiger charge is -2.12. The molecule has 1 aromatic heterocycles. The molecule has 1 heterocycles. The van der Waals surface area contributed by atoms with E-state index in [1.165, 1.54) is 5.56 Å². The Morgan fingerprint density at radius 2 is 2.13 bits per heavy atom. The van der Waals surface area contributed by atoms with E-state index < -0.39 is 0 Å². The minimum atomic E-state index is 0.104. The Kier molecular flexibility index (Phi) is 4.56. The van der Waals surface area contributed by atoms with Crippen molar-refractivity contribution in [3.63, 3.8) is 0 Å². The molecule has 0 saturated carbocycles. The van der Waals surface area contributed by atoms with E-state index in [9.17, 15) is 0 Å². The summed E-state index contributed by atoms with van der Waals surface area (Å²) in [5, 5.41) is 0. The van der Waals surface area contributed by atoms with Gasteiger partial charge >= 0.3 is 0 Å². The van der Waals surface area contributed by atoms with Gasteiger partial charge in [-0.1, -0.05) is 20.8 Å². The molecule has 1 aromatic rings. The van der Waals surface area contributed by atoms with Gasteiger partial charge in [-0.3, -0.25) is 4.98 Å². The molecule has 3 heteroatoms. The van der Waals surface area contributed by atoms with E-state index in [2.05, 4.69) is 25.8 Å². The van der Waals surface area contributed by atoms with Crippen LogP contribution in [-0.4, -0.2) is 17.6 Å². The SMILES string of the molecule is CCC(N)COc1cncc(C(C)C)c1. The molecule has 1 rings (SSSR count). The normalized spacial score (nSPS) is 12.9. The molecule has 0 aromatic carbocycles. The van der Waals surface area contributed by atoms with Crippen LogP contribution in [0.25, 0.3) is 0 Å². The average Bonchev–Trinajstić information content (AvgIpc) is 2.26. The van der Waals surface area contributed by atoms with Crippen LogP contribution >= 0.6 is 0 Å². The summed E-state index contributed by atoms with van der Waals surface area (Å²) in [6.07, 6.45) is 4.53. The molecule has 0 amide bonds. The molecule has 0 aliphatic carbocycles. The zero-order valence-electron chi connectivity index (χ0n) is 9.73. The lowest BCUT2D eigenvalue weighted by atomic mass is 10.1. The summed E-state index contributed by atoms with van der Waals surface area (Å²) in [6.45, 7) is 6.88. The van der Waals surface area contributed by atoms with Crippen molar-refractivity contribution in [2.45, 2.75) is 39.2 Å². The molecule has 1 atom stereocenters. The van der Waals surface area contributed by atoms with Gasteiger partial charge in [-0.15, -0.1) is 0 Å². The van der Waals surface area contributed by atoms with Crippen LogP contribution in [0, 0.1) is 0 Å². The van der Waals surface area contributed by atoms with Crippen molar-refractivity contribution < 1.29 is 4.74 Å². The van der Waals surface area contributed by atoms with E-state index in [1.807, 2.05) is 12.3 Å². The fourth-order valence-corrected chi connectivity index (χ4v) is 1.15. The van der Waals surface area contributed by atoms with Crippen LogP contribution in [0.15, 0.2) is 18.5 Å². The van der Waals surface area contributed by atoms with Crippen LogP contribution in [-0.2, 0) is 0 Å². The summed E-state index contributed by atoms with van der Waals surface area (Å²) in [6, 6.07) is 2.13. The van der Waals surface area contributed by atoms with Gasteiger partial charge in [-0.2, -0.15) is 0 Å². The maximum Gasteiger partial charge on any atom is 0.137 e. The van der Waals surface area contributed by atoms with Crippen LogP contribution in [0.4, 0.5) is 0 Å². The highest BCUT2D eigenvalue weighted by Crippen LogP contribution is 2.18. The zero-order chi connectivity index (χ0) is 11.3. The minimum Gasteiger partial charge on any atom is -0.490 e. The van der Waals surface area contributed by atoms with Crippen LogP contribution < -0.4 is 10.5 Å². The summed E-state index contributed by atoms with van der Waals surface area (Å²) in [7, 11) is 0. The second-order valence-electron chi connectivity index (χ2n) is 4.09. The molecule has 0 aliphatic heterocycles. The molecule has 84 valence electrons. The van der Waals surface area contributed by atoms with Gasteiger partial charge < -0.3 is 10.5 Å². The topological polar surface area (TPSA) is 48.1 Å². The Bertz CT molecular complexity index is 299. The lowest BCUT2D eigenvalue weighted by molar-refractivity contribution is 0.284. The molecule has 15 heavy (non-hydrogen) atoms. The first-order chi connectivity index (χ1) is 7.13. The van der Waals surface area contributed by atoms with Crippen molar-refractivity contribution >= 4 is 0 Å². The molecular formula is C12H20N2O. The summed E-state index contributed by atoms with van der Waals surface area (Å²) >= 11 is 0. The monoisotopic (exact) mass is 208 g/mol. The van der Waals surface area contributed by atoms with E-state index >= 15 is 0 Å². The van der Waals surface area contributed by atoms with Crippen LogP contribution in [0.1, 0.15) is 38.7 Å². The van der Waals surface area contributed by atoms with Crippen LogP contribution in [0.3, 0.4) is 0 Å². The van der Waals surface area contributed by atoms with Crippen molar-refractivity contribution in [2.24, 2.45) is 5.73 Å². The highest BCUT2D eigenvalue weighted by Gasteiger charge is 2.04. The van der Waals surface area contributed by atoms with Crippen molar-refractivity contribution in [3.05, 3.63) is 24.0 Å². The van der Waals surface area contributed by atoms with E-state index in [-0.39, 0.29) is 6.04 Å². The molecule has 0 bridgehead atoms. The molecule has 1 unspecified atom stereocenters. The van der Waals surface area contributed by atoms with E-state index in [0.29, 0.717) is 12.5 Å². The van der Waals surface area contributed by atoms with Gasteiger partial charge in [0.2, 0.25) is 0 Å². The first kappa shape index (κ1) is 12.0. The van der Waals surface area contributed by atoms with Crippen molar-refractivity contribution in [1.82, 2.24) is 4.98 Å². The molecule has 0 radical (unpaired) electrons. The van der Waals surface area contributed by atoms with Crippen LogP contribution in [0.5, 0.6) is 5.75 Å². The Morgan fingerprint density at radius 1 is 1.40 bits per heavy atom. The van der Waals surface area contributed by atoms with Gasteiger partial charge in [0.1, 0.15) is 12.4 Å². The highest BCUT2D eigenvalue weighted by atomic mass is 16.5. The van der Waals surface area contributed by atoms with Crippen molar-refractivity contribution in [3.8, 4) is 5.75 Å². The van der Waals surface area contributed by atoms with Gasteiger partial charge in [0.15, 0.2) is 0 Å². The van der Waals surface area contributed by atoms with E-state index in [1.54, 1.807) is 6.20 Å². The molecule has 0 saturated heterocycles. The predicted octanol–water partition coefficient (Wildman–Crippen LogP) is 2.32. The van der Waals surface area contributed by atoms with E-state index in [0.717, 1.165) is 12.2 Å². The van der Waals surface area contributed by atoms with Gasteiger partial charge in [-0.05, 0) is 24.0 Å². The molecule has 0 spiro atoms. The quantitative estimate of drug-likeness (QED) is 0.807. The smallest absolute Gasteiger partial charge is 0.137 e. The van der Waals surface area contributed by atoms with Gasteiger partial charge in [-0.25, -0.2) is 0 Å². The lowest BCUT2D eigenvalue weighted by Crippen LogP contribution is -2.26. The molecule has 2 N–H and O–H groups in total. The largest absolute Gasteiger partial charge is 0.490 e. The number of nitrogens with two attached hydrogens (primary N) is 1. The van der Waals surface area contributed by atoms with Gasteiger partial charge in [0, 0.05) is 12.2 Å². The standard InChI is InChI=1S/C12H20N2O/c1-4-11(13)8-15-12-5-10(9(2)3)6-14-7-12/h5-7,9,11H,4,8,13H2,1-3H3. The number of pyridine rings is 1. The molecule has 0 aliphatic rings. The molecule has 3 nitrogen and oxygen atoms in total. The highest BCUT2D eigenvalue weighted by molar-refractivity contribution is 5.25. The first-order valence-corrected chi connectivity index (χ1v) is 5.46. The second-order valence-corrected chi connectivity index (χ2v) is 4.09. The summed E-state index contributed by atoms with van der Waals surface area (Å²) < 4.78 is 5.56. The summed E-state index contributed by atoms with van der Waals surface area (Å²) in [4.78, 5) is 4.14. The average molecular weight is 208 g/mol. The number of nitrogens with zero attached hydrogens (tertiary/aromatic N) is 1. The molecule has 0 fully saturated rings. The number of hydrogen-bond donors (Lipinski definition) is 1. The second kappa shape index (κ2) is 5.71. The minimum absolute atomic E-state index is 0.104. The third-order valence-electron chi connectivity index (χ3n) is 2.39. The third-order valence-corrected chi connectivity index (χ3v) is 2.39. The number of ether oxygens (including phenoxy) is 1. The fourth-order valence-electron chi connectivity index (χ4n) is 1.15. The third kappa shape index (κ3) is 3.88. The Balaban J connectivity index is 2.58. The van der Waals surface area contributed by atoms with Crippen LogP contribution in [0.2, 0.25) is 0 Å². The number of hydrogen-bond acceptors (Lipinski definition) is 3. The molecular weight excluding hydrogens is 188 g/mol. The van der Waals surface area contributed by atoms with Crippen molar-refractivity contribution in [2.75, 3.05) is 6.61 Å². The van der Waals surface area contributed by atoms with Crippen molar-refractivity contribution in [1.29, 1.82) is 0 Å². The Morgan fingerprint density at radius 3 is 2.73 bits per heavy atom. The van der Waals surface area contributed by atoms with E-state index in [4.69, 9.17) is 10.5 Å². The number of rotatable bonds is 5. The number of aromatic nitrogens is 1. The first-order valence-electron chi connectivity index (χ1n) is 5.46. The summed E-state index contributed by atoms with van der Waals surface area (Å²) in [5.41, 5.74) is 6.97. The predicted molar refractivity (Wildman–Crippen MR) is 62.1 cm³/mol. The maximum atomic E-state index is 5.77. The fraction of sp³-hybridized carbons (Fsp3) is 0.583. The van der Waals surface area contributed by atoms with Gasteiger partial charge in [0.05, 0.1) is 6.20 Å². The van der Waals surface area contributed by atoms with Gasteiger partial charge in [0.25, 0.3) is 0 Å². The Hall–Kier alpha value is -1.09. The Labute approximate surface area is 91.7 Å². The zero-order valence-corrected chi connectivity index (χ0v) is 9.73. The summed E-state index contributed by atoms with van der Waals surface area (Å²) in [5.74, 6) is 1.28. The maximum absolute atomic E-state index is 5.77.